The Morgan fingerprint density at radius 1 is 0.767 bits per heavy atom. The Morgan fingerprint density at radius 2 is 1.33 bits per heavy atom. The van der Waals surface area contributed by atoms with Gasteiger partial charge in [0, 0.05) is 13.6 Å². The number of imide groups is 1. The van der Waals surface area contributed by atoms with E-state index in [-0.39, 0.29) is 11.8 Å². The molecule has 0 radical (unpaired) electrons. The molecule has 3 aromatic rings. The number of benzene rings is 3. The van der Waals surface area contributed by atoms with Crippen molar-refractivity contribution in [3.8, 4) is 0 Å². The van der Waals surface area contributed by atoms with Crippen LogP contribution in [-0.4, -0.2) is 23.8 Å². The van der Waals surface area contributed by atoms with Crippen LogP contribution in [0, 0.1) is 13.8 Å². The summed E-state index contributed by atoms with van der Waals surface area (Å²) in [5, 5.41) is 0. The molecule has 1 heterocycles. The third-order valence-electron chi connectivity index (χ3n) is 5.23. The summed E-state index contributed by atoms with van der Waals surface area (Å²) in [7, 11) is 1.86. The molecule has 0 saturated carbocycles. The Bertz CT molecular complexity index is 1110. The van der Waals surface area contributed by atoms with Crippen LogP contribution in [0.4, 0.5) is 5.69 Å². The number of hydrogen-bond acceptors (Lipinski definition) is 3. The number of carbonyl (C=O) groups excluding carboxylic acids is 2. The van der Waals surface area contributed by atoms with Crippen LogP contribution in [-0.2, 0) is 16.1 Å². The number of amides is 2. The summed E-state index contributed by atoms with van der Waals surface area (Å²) >= 11 is 0. The average Bonchev–Trinajstić information content (AvgIpc) is 2.99. The Kier molecular flexibility index (Phi) is 5.23. The molecule has 4 heteroatoms. The van der Waals surface area contributed by atoms with Gasteiger partial charge in [-0.15, -0.1) is 0 Å². The third kappa shape index (κ3) is 3.64. The lowest BCUT2D eigenvalue weighted by Crippen LogP contribution is -2.34. The van der Waals surface area contributed by atoms with Gasteiger partial charge in [-0.1, -0.05) is 66.7 Å². The number of nitrogens with zero attached hydrogens (tertiary/aromatic N) is 2. The first-order valence-corrected chi connectivity index (χ1v) is 9.97. The molecule has 150 valence electrons. The summed E-state index contributed by atoms with van der Waals surface area (Å²) in [6.45, 7) is 4.47. The Labute approximate surface area is 177 Å². The zero-order valence-electron chi connectivity index (χ0n) is 17.4. The lowest BCUT2D eigenvalue weighted by atomic mass is 10.0. The molecule has 4 rings (SSSR count). The van der Waals surface area contributed by atoms with Gasteiger partial charge in [-0.25, -0.2) is 4.90 Å². The molecule has 1 aliphatic rings. The van der Waals surface area contributed by atoms with Crippen LogP contribution in [0.5, 0.6) is 0 Å². The molecule has 0 aliphatic carbocycles. The van der Waals surface area contributed by atoms with Crippen LogP contribution < -0.4 is 4.90 Å². The van der Waals surface area contributed by atoms with Gasteiger partial charge in [0.15, 0.2) is 0 Å². The highest BCUT2D eigenvalue weighted by Crippen LogP contribution is 2.35. The Balaban J connectivity index is 1.81. The van der Waals surface area contributed by atoms with Gasteiger partial charge in [-0.3, -0.25) is 9.59 Å². The van der Waals surface area contributed by atoms with Gasteiger partial charge in [-0.05, 0) is 48.2 Å². The Hall–Kier alpha value is -3.66. The van der Waals surface area contributed by atoms with E-state index in [2.05, 4.69) is 0 Å². The fourth-order valence-corrected chi connectivity index (χ4v) is 3.99. The molecule has 0 atom stereocenters. The molecule has 1 aliphatic heterocycles. The van der Waals surface area contributed by atoms with Gasteiger partial charge < -0.3 is 4.90 Å². The van der Waals surface area contributed by atoms with Gasteiger partial charge in [0.2, 0.25) is 0 Å². The van der Waals surface area contributed by atoms with Crippen LogP contribution in [0.1, 0.15) is 22.3 Å². The molecule has 0 bridgehead atoms. The van der Waals surface area contributed by atoms with Crippen molar-refractivity contribution in [1.82, 2.24) is 4.90 Å². The second-order valence-corrected chi connectivity index (χ2v) is 7.72. The molecule has 0 fully saturated rings. The normalized spacial score (nSPS) is 13.9. The highest BCUT2D eigenvalue weighted by Gasteiger charge is 2.41. The van der Waals surface area contributed by atoms with Crippen LogP contribution in [0.15, 0.2) is 84.6 Å². The van der Waals surface area contributed by atoms with Gasteiger partial charge in [0.1, 0.15) is 5.70 Å². The van der Waals surface area contributed by atoms with E-state index in [0.717, 1.165) is 22.3 Å². The third-order valence-corrected chi connectivity index (χ3v) is 5.23. The lowest BCUT2D eigenvalue weighted by molar-refractivity contribution is -0.120. The minimum atomic E-state index is -0.290. The molecule has 3 aromatic carbocycles. The smallest absolute Gasteiger partial charge is 0.282 e. The van der Waals surface area contributed by atoms with Crippen LogP contribution >= 0.6 is 0 Å². The maximum atomic E-state index is 13.6. The predicted molar refractivity (Wildman–Crippen MR) is 120 cm³/mol. The quantitative estimate of drug-likeness (QED) is 0.586. The zero-order valence-corrected chi connectivity index (χ0v) is 17.4. The highest BCUT2D eigenvalue weighted by molar-refractivity contribution is 6.45. The largest absolute Gasteiger partial charge is 0.365 e. The average molecular weight is 396 g/mol. The summed E-state index contributed by atoms with van der Waals surface area (Å²) in [6.07, 6.45) is 0. The maximum Gasteiger partial charge on any atom is 0.282 e. The Morgan fingerprint density at radius 3 is 1.93 bits per heavy atom. The number of aryl methyl sites for hydroxylation is 2. The first kappa shape index (κ1) is 19.6. The van der Waals surface area contributed by atoms with Crippen molar-refractivity contribution >= 4 is 23.1 Å². The maximum absolute atomic E-state index is 13.6. The number of rotatable bonds is 5. The number of likely N-dealkylation sites (N-methyl/N-ethyl adjacent to an activating group) is 1. The van der Waals surface area contributed by atoms with E-state index in [9.17, 15) is 9.59 Å². The minimum absolute atomic E-state index is 0.286. The first-order chi connectivity index (χ1) is 14.5. The summed E-state index contributed by atoms with van der Waals surface area (Å²) < 4.78 is 0. The zero-order chi connectivity index (χ0) is 21.3. The number of carbonyl (C=O) groups is 2. The van der Waals surface area contributed by atoms with Gasteiger partial charge in [0.25, 0.3) is 11.8 Å². The van der Waals surface area contributed by atoms with Crippen LogP contribution in [0.2, 0.25) is 0 Å². The van der Waals surface area contributed by atoms with Crippen molar-refractivity contribution in [2.24, 2.45) is 0 Å². The first-order valence-electron chi connectivity index (χ1n) is 9.97. The van der Waals surface area contributed by atoms with E-state index >= 15 is 0 Å². The van der Waals surface area contributed by atoms with Gasteiger partial charge >= 0.3 is 0 Å². The second-order valence-electron chi connectivity index (χ2n) is 7.72. The molecule has 0 N–H and O–H groups in total. The summed E-state index contributed by atoms with van der Waals surface area (Å²) in [4.78, 5) is 30.3. The summed E-state index contributed by atoms with van der Waals surface area (Å²) in [6, 6.07) is 25.2. The van der Waals surface area contributed by atoms with Crippen molar-refractivity contribution in [2.75, 3.05) is 11.9 Å². The van der Waals surface area contributed by atoms with Crippen molar-refractivity contribution in [3.63, 3.8) is 0 Å². The van der Waals surface area contributed by atoms with Crippen LogP contribution in [0.25, 0.3) is 5.57 Å². The highest BCUT2D eigenvalue weighted by atomic mass is 16.2. The molecule has 0 saturated heterocycles. The molecule has 0 aromatic heterocycles. The second kappa shape index (κ2) is 7.99. The van der Waals surface area contributed by atoms with E-state index in [1.54, 1.807) is 0 Å². The monoisotopic (exact) mass is 396 g/mol. The van der Waals surface area contributed by atoms with E-state index in [1.807, 2.05) is 105 Å². The van der Waals surface area contributed by atoms with Crippen molar-refractivity contribution < 1.29 is 9.59 Å². The fourth-order valence-electron chi connectivity index (χ4n) is 3.99. The van der Waals surface area contributed by atoms with Crippen molar-refractivity contribution in [2.45, 2.75) is 20.4 Å². The van der Waals surface area contributed by atoms with Gasteiger partial charge in [0.05, 0.1) is 11.3 Å². The van der Waals surface area contributed by atoms with Crippen molar-refractivity contribution in [1.29, 1.82) is 0 Å². The SMILES string of the molecule is Cc1cc(C)cc(N2C(=O)C(c3ccccc3)=C(N(C)Cc3ccccc3)C2=O)c1. The van der Waals surface area contributed by atoms with E-state index < -0.39 is 0 Å². The fraction of sp³-hybridized carbons (Fsp3) is 0.154. The molecule has 2 amide bonds. The van der Waals surface area contributed by atoms with E-state index in [0.29, 0.717) is 23.5 Å². The summed E-state index contributed by atoms with van der Waals surface area (Å²) in [5.41, 5.74) is 5.32. The number of hydrogen-bond donors (Lipinski definition) is 0. The number of anilines is 1. The topological polar surface area (TPSA) is 40.6 Å². The van der Waals surface area contributed by atoms with E-state index in [1.165, 1.54) is 4.90 Å². The molecule has 4 nitrogen and oxygen atoms in total. The minimum Gasteiger partial charge on any atom is -0.365 e. The van der Waals surface area contributed by atoms with Crippen LogP contribution in [0.3, 0.4) is 0 Å². The predicted octanol–water partition coefficient (Wildman–Crippen LogP) is 4.72. The van der Waals surface area contributed by atoms with Gasteiger partial charge in [-0.2, -0.15) is 0 Å². The molecule has 0 spiro atoms. The standard InChI is InChI=1S/C26H24N2O2/c1-18-14-19(2)16-22(15-18)28-25(29)23(21-12-8-5-9-13-21)24(26(28)30)27(3)17-20-10-6-4-7-11-20/h4-16H,17H2,1-3H3. The van der Waals surface area contributed by atoms with Crippen molar-refractivity contribution in [3.05, 3.63) is 107 Å². The summed E-state index contributed by atoms with van der Waals surface area (Å²) in [5.74, 6) is -0.576. The van der Waals surface area contributed by atoms with E-state index in [4.69, 9.17) is 0 Å². The molecule has 30 heavy (non-hydrogen) atoms. The molecule has 0 unspecified atom stereocenters. The molecular weight excluding hydrogens is 372 g/mol. The molecular formula is C26H24N2O2. The lowest BCUT2D eigenvalue weighted by Gasteiger charge is -2.22.